The summed E-state index contributed by atoms with van der Waals surface area (Å²) in [5.41, 5.74) is 6.58. The largest absolute Gasteiger partial charge is 0.391 e. The number of nitrogens with one attached hydrogen (secondary N) is 1. The fraction of sp³-hybridized carbons (Fsp3) is 0.450. The molecule has 0 saturated heterocycles. The van der Waals surface area contributed by atoms with E-state index in [1.54, 1.807) is 30.6 Å². The van der Waals surface area contributed by atoms with E-state index in [0.717, 1.165) is 29.3 Å². The van der Waals surface area contributed by atoms with E-state index < -0.39 is 17.4 Å². The average molecular weight is 434 g/mol. The SMILES string of the molecule is CC1=CC=C(C(=O)N[C@H]2CCCC[C@@H]2O)CC1(C(N)=O)c1cncc(Br)c1. The van der Waals surface area contributed by atoms with Crippen molar-refractivity contribution in [1.82, 2.24) is 10.3 Å². The molecule has 3 atom stereocenters. The molecule has 2 aliphatic rings. The number of aliphatic hydroxyl groups is 1. The number of aromatic nitrogens is 1. The molecule has 144 valence electrons. The normalized spacial score (nSPS) is 28.1. The molecule has 2 aliphatic carbocycles. The minimum absolute atomic E-state index is 0.164. The van der Waals surface area contributed by atoms with Gasteiger partial charge in [0, 0.05) is 28.9 Å². The molecular weight excluding hydrogens is 410 g/mol. The van der Waals surface area contributed by atoms with Gasteiger partial charge in [-0.2, -0.15) is 0 Å². The number of pyridine rings is 1. The second-order valence-corrected chi connectivity index (χ2v) is 8.23. The molecule has 0 radical (unpaired) electrons. The highest BCUT2D eigenvalue weighted by atomic mass is 79.9. The maximum absolute atomic E-state index is 12.8. The predicted octanol–water partition coefficient (Wildman–Crippen LogP) is 2.26. The molecule has 1 saturated carbocycles. The lowest BCUT2D eigenvalue weighted by molar-refractivity contribution is -0.122. The number of aliphatic hydroxyl groups excluding tert-OH is 1. The van der Waals surface area contributed by atoms with E-state index in [1.165, 1.54) is 0 Å². The van der Waals surface area contributed by atoms with Gasteiger partial charge >= 0.3 is 0 Å². The molecule has 1 aromatic rings. The number of hydrogen-bond donors (Lipinski definition) is 3. The summed E-state index contributed by atoms with van der Waals surface area (Å²) in [7, 11) is 0. The second-order valence-electron chi connectivity index (χ2n) is 7.31. The molecule has 7 heteroatoms. The summed E-state index contributed by atoms with van der Waals surface area (Å²) >= 11 is 3.38. The number of carbonyl (C=O) groups is 2. The van der Waals surface area contributed by atoms with Crippen molar-refractivity contribution in [2.75, 3.05) is 0 Å². The van der Waals surface area contributed by atoms with Crippen LogP contribution in [0.25, 0.3) is 0 Å². The topological polar surface area (TPSA) is 105 Å². The fourth-order valence-corrected chi connectivity index (χ4v) is 4.31. The summed E-state index contributed by atoms with van der Waals surface area (Å²) in [6.07, 6.45) is 9.77. The third kappa shape index (κ3) is 3.84. The van der Waals surface area contributed by atoms with Crippen LogP contribution < -0.4 is 11.1 Å². The zero-order valence-corrected chi connectivity index (χ0v) is 16.8. The van der Waals surface area contributed by atoms with Gasteiger partial charge in [-0.15, -0.1) is 0 Å². The van der Waals surface area contributed by atoms with Crippen molar-refractivity contribution in [2.45, 2.75) is 56.6 Å². The Labute approximate surface area is 167 Å². The Morgan fingerprint density at radius 1 is 1.30 bits per heavy atom. The summed E-state index contributed by atoms with van der Waals surface area (Å²) in [6.45, 7) is 1.84. The van der Waals surface area contributed by atoms with E-state index in [0.29, 0.717) is 17.6 Å². The predicted molar refractivity (Wildman–Crippen MR) is 106 cm³/mol. The summed E-state index contributed by atoms with van der Waals surface area (Å²) in [5, 5.41) is 13.1. The Hall–Kier alpha value is -1.99. The maximum Gasteiger partial charge on any atom is 0.247 e. The van der Waals surface area contributed by atoms with Crippen LogP contribution in [-0.2, 0) is 15.0 Å². The molecule has 2 amide bonds. The standard InChI is InChI=1S/C20H24BrN3O3/c1-12-6-7-13(18(26)24-16-4-2-3-5-17(16)25)9-20(12,19(22)27)14-8-15(21)11-23-10-14/h6-8,10-11,16-17,25H,2-5,9H2,1H3,(H2,22,27)(H,24,26)/t16-,17-,20?/m0/s1. The van der Waals surface area contributed by atoms with E-state index in [9.17, 15) is 14.7 Å². The molecule has 27 heavy (non-hydrogen) atoms. The first-order valence-corrected chi connectivity index (χ1v) is 9.91. The van der Waals surface area contributed by atoms with E-state index in [-0.39, 0.29) is 18.4 Å². The Balaban J connectivity index is 1.89. The number of nitrogens with zero attached hydrogens (tertiary/aromatic N) is 1. The monoisotopic (exact) mass is 433 g/mol. The Morgan fingerprint density at radius 3 is 2.70 bits per heavy atom. The van der Waals surface area contributed by atoms with Crippen molar-refractivity contribution in [3.63, 3.8) is 0 Å². The van der Waals surface area contributed by atoms with Crippen LogP contribution in [0.2, 0.25) is 0 Å². The third-order valence-electron chi connectivity index (χ3n) is 5.62. The molecular formula is C20H24BrN3O3. The molecule has 0 aromatic carbocycles. The third-order valence-corrected chi connectivity index (χ3v) is 6.05. The summed E-state index contributed by atoms with van der Waals surface area (Å²) in [5.74, 6) is -0.787. The summed E-state index contributed by atoms with van der Waals surface area (Å²) < 4.78 is 0.735. The second kappa shape index (κ2) is 7.94. The lowest BCUT2D eigenvalue weighted by atomic mass is 9.68. The number of rotatable bonds is 4. The van der Waals surface area contributed by atoms with Gasteiger partial charge in [0.05, 0.1) is 12.1 Å². The number of halogens is 1. The highest BCUT2D eigenvalue weighted by Crippen LogP contribution is 2.41. The van der Waals surface area contributed by atoms with Crippen LogP contribution >= 0.6 is 15.9 Å². The average Bonchev–Trinajstić information content (AvgIpc) is 2.63. The Kier molecular flexibility index (Phi) is 5.81. The van der Waals surface area contributed by atoms with Gasteiger partial charge in [0.25, 0.3) is 0 Å². The van der Waals surface area contributed by atoms with Crippen molar-refractivity contribution in [1.29, 1.82) is 0 Å². The Bertz CT molecular complexity index is 820. The number of hydrogen-bond acceptors (Lipinski definition) is 4. The van der Waals surface area contributed by atoms with Crippen LogP contribution in [0.3, 0.4) is 0 Å². The molecule has 1 heterocycles. The molecule has 0 aliphatic heterocycles. The minimum Gasteiger partial charge on any atom is -0.391 e. The van der Waals surface area contributed by atoms with Crippen LogP contribution in [0.5, 0.6) is 0 Å². The van der Waals surface area contributed by atoms with Crippen LogP contribution in [0.15, 0.2) is 46.2 Å². The molecule has 0 bridgehead atoms. The molecule has 0 spiro atoms. The highest BCUT2D eigenvalue weighted by molar-refractivity contribution is 9.10. The van der Waals surface area contributed by atoms with Gasteiger partial charge in [0.2, 0.25) is 11.8 Å². The van der Waals surface area contributed by atoms with E-state index in [4.69, 9.17) is 5.73 Å². The first kappa shape index (κ1) is 19.8. The lowest BCUT2D eigenvalue weighted by Crippen LogP contribution is -2.48. The zero-order valence-electron chi connectivity index (χ0n) is 15.2. The van der Waals surface area contributed by atoms with Gasteiger partial charge in [0.1, 0.15) is 5.41 Å². The van der Waals surface area contributed by atoms with Crippen molar-refractivity contribution < 1.29 is 14.7 Å². The number of primary amides is 1. The number of allylic oxidation sites excluding steroid dienone is 2. The van der Waals surface area contributed by atoms with Crippen molar-refractivity contribution in [3.05, 3.63) is 51.8 Å². The van der Waals surface area contributed by atoms with Gasteiger partial charge in [-0.25, -0.2) is 0 Å². The van der Waals surface area contributed by atoms with Crippen molar-refractivity contribution in [3.8, 4) is 0 Å². The van der Waals surface area contributed by atoms with Gasteiger partial charge in [-0.3, -0.25) is 14.6 Å². The number of amides is 2. The minimum atomic E-state index is -1.12. The maximum atomic E-state index is 12.8. The first-order valence-electron chi connectivity index (χ1n) is 9.12. The summed E-state index contributed by atoms with van der Waals surface area (Å²) in [4.78, 5) is 29.5. The van der Waals surface area contributed by atoms with Gasteiger partial charge in [-0.1, -0.05) is 30.6 Å². The zero-order chi connectivity index (χ0) is 19.6. The lowest BCUT2D eigenvalue weighted by Gasteiger charge is -2.36. The van der Waals surface area contributed by atoms with Gasteiger partial charge < -0.3 is 16.2 Å². The van der Waals surface area contributed by atoms with Gasteiger partial charge in [-0.05, 0) is 47.3 Å². The number of carbonyl (C=O) groups excluding carboxylic acids is 2. The highest BCUT2D eigenvalue weighted by Gasteiger charge is 2.44. The number of nitrogens with two attached hydrogens (primary N) is 1. The fourth-order valence-electron chi connectivity index (χ4n) is 3.95. The quantitative estimate of drug-likeness (QED) is 0.676. The van der Waals surface area contributed by atoms with Crippen LogP contribution in [-0.4, -0.2) is 34.1 Å². The molecule has 6 nitrogen and oxygen atoms in total. The first-order chi connectivity index (χ1) is 12.8. The van der Waals surface area contributed by atoms with Crippen LogP contribution in [0.4, 0.5) is 0 Å². The smallest absolute Gasteiger partial charge is 0.247 e. The van der Waals surface area contributed by atoms with Crippen LogP contribution in [0, 0.1) is 0 Å². The van der Waals surface area contributed by atoms with Crippen molar-refractivity contribution >= 4 is 27.7 Å². The van der Waals surface area contributed by atoms with Gasteiger partial charge in [0.15, 0.2) is 0 Å². The van der Waals surface area contributed by atoms with Crippen molar-refractivity contribution in [2.24, 2.45) is 5.73 Å². The molecule has 1 fully saturated rings. The van der Waals surface area contributed by atoms with E-state index in [1.807, 2.05) is 6.92 Å². The van der Waals surface area contributed by atoms with Crippen LogP contribution in [0.1, 0.15) is 44.6 Å². The molecule has 3 rings (SSSR count). The van der Waals surface area contributed by atoms with E-state index in [2.05, 4.69) is 26.2 Å². The molecule has 1 unspecified atom stereocenters. The summed E-state index contributed by atoms with van der Waals surface area (Å²) in [6, 6.07) is 1.55. The Morgan fingerprint density at radius 2 is 2.04 bits per heavy atom. The van der Waals surface area contributed by atoms with E-state index >= 15 is 0 Å². The molecule has 1 aromatic heterocycles. The molecule has 4 N–H and O–H groups in total.